The Hall–Kier alpha value is -2.60. The molecule has 1 aliphatic rings. The predicted octanol–water partition coefficient (Wildman–Crippen LogP) is 3.15. The van der Waals surface area contributed by atoms with Crippen LogP contribution in [0.1, 0.15) is 16.1 Å². The number of halogens is 1. The van der Waals surface area contributed by atoms with E-state index < -0.39 is 0 Å². The van der Waals surface area contributed by atoms with Crippen LogP contribution in [0.5, 0.6) is 0 Å². The van der Waals surface area contributed by atoms with Crippen LogP contribution in [0.15, 0.2) is 41.1 Å². The van der Waals surface area contributed by atoms with E-state index in [1.165, 1.54) is 12.0 Å². The van der Waals surface area contributed by atoms with Crippen LogP contribution in [-0.2, 0) is 0 Å². The molecule has 0 N–H and O–H groups in total. The van der Waals surface area contributed by atoms with Gasteiger partial charge in [-0.2, -0.15) is 0 Å². The first kappa shape index (κ1) is 15.9. The molecule has 0 bridgehead atoms. The maximum atomic E-state index is 13.0. The first-order chi connectivity index (χ1) is 12.1. The van der Waals surface area contributed by atoms with E-state index in [9.17, 15) is 4.79 Å². The number of piperazine rings is 1. The molecule has 0 unspecified atom stereocenters. The van der Waals surface area contributed by atoms with E-state index in [1.54, 1.807) is 6.92 Å². The van der Waals surface area contributed by atoms with Crippen LogP contribution in [-0.4, -0.2) is 47.0 Å². The topological polar surface area (TPSA) is 62.5 Å². The van der Waals surface area contributed by atoms with Crippen molar-refractivity contribution in [3.8, 4) is 0 Å². The van der Waals surface area contributed by atoms with Crippen molar-refractivity contribution in [2.24, 2.45) is 0 Å². The number of furan rings is 1. The zero-order chi connectivity index (χ0) is 17.4. The molecule has 1 aliphatic heterocycles. The van der Waals surface area contributed by atoms with E-state index in [1.807, 2.05) is 23.1 Å². The molecule has 7 heteroatoms. The minimum atomic E-state index is -0.0827. The summed E-state index contributed by atoms with van der Waals surface area (Å²) in [5, 5.41) is 0.741. The SMILES string of the molecule is Cc1oc2ncnc(Cl)c2c1C(=O)N1CCN(c2ccccc2)CC1. The second kappa shape index (κ2) is 6.37. The fraction of sp³-hybridized carbons (Fsp3) is 0.278. The number of benzene rings is 1. The Kier molecular flexibility index (Phi) is 4.05. The molecule has 1 saturated heterocycles. The van der Waals surface area contributed by atoms with E-state index in [0.717, 1.165) is 13.1 Å². The van der Waals surface area contributed by atoms with Gasteiger partial charge in [-0.3, -0.25) is 4.79 Å². The molecule has 1 fully saturated rings. The molecule has 0 saturated carbocycles. The van der Waals surface area contributed by atoms with E-state index in [0.29, 0.717) is 35.5 Å². The number of carbonyl (C=O) groups is 1. The largest absolute Gasteiger partial charge is 0.442 e. The summed E-state index contributed by atoms with van der Waals surface area (Å²) in [7, 11) is 0. The summed E-state index contributed by atoms with van der Waals surface area (Å²) in [5.74, 6) is 0.438. The Morgan fingerprint density at radius 1 is 1.12 bits per heavy atom. The monoisotopic (exact) mass is 356 g/mol. The molecule has 3 heterocycles. The molecule has 2 aromatic heterocycles. The molecule has 1 amide bonds. The van der Waals surface area contributed by atoms with Crippen molar-refractivity contribution in [3.05, 3.63) is 53.1 Å². The Morgan fingerprint density at radius 2 is 1.84 bits per heavy atom. The highest BCUT2D eigenvalue weighted by Crippen LogP contribution is 2.30. The minimum absolute atomic E-state index is 0.0827. The number of aryl methyl sites for hydroxylation is 1. The number of amides is 1. The van der Waals surface area contributed by atoms with Gasteiger partial charge in [0, 0.05) is 31.9 Å². The number of fused-ring (bicyclic) bond motifs is 1. The van der Waals surface area contributed by atoms with Crippen LogP contribution in [0.4, 0.5) is 5.69 Å². The third-order valence-corrected chi connectivity index (χ3v) is 4.81. The number of nitrogens with zero attached hydrogens (tertiary/aromatic N) is 4. The molecular weight excluding hydrogens is 340 g/mol. The summed E-state index contributed by atoms with van der Waals surface area (Å²) in [4.78, 5) is 25.2. The molecule has 0 atom stereocenters. The van der Waals surface area contributed by atoms with Crippen molar-refractivity contribution >= 4 is 34.3 Å². The zero-order valence-electron chi connectivity index (χ0n) is 13.8. The smallest absolute Gasteiger partial charge is 0.258 e. The molecule has 25 heavy (non-hydrogen) atoms. The van der Waals surface area contributed by atoms with E-state index in [-0.39, 0.29) is 11.1 Å². The van der Waals surface area contributed by atoms with Gasteiger partial charge in [-0.1, -0.05) is 29.8 Å². The van der Waals surface area contributed by atoms with E-state index >= 15 is 0 Å². The Labute approximate surface area is 150 Å². The van der Waals surface area contributed by atoms with Gasteiger partial charge in [0.15, 0.2) is 0 Å². The van der Waals surface area contributed by atoms with Gasteiger partial charge in [-0.15, -0.1) is 0 Å². The lowest BCUT2D eigenvalue weighted by atomic mass is 10.1. The molecule has 3 aromatic rings. The van der Waals surface area contributed by atoms with Crippen molar-refractivity contribution in [2.75, 3.05) is 31.1 Å². The first-order valence-electron chi connectivity index (χ1n) is 8.14. The summed E-state index contributed by atoms with van der Waals surface area (Å²) in [6, 6.07) is 10.2. The Bertz CT molecular complexity index is 917. The highest BCUT2D eigenvalue weighted by Gasteiger charge is 2.28. The fourth-order valence-electron chi connectivity index (χ4n) is 3.23. The number of anilines is 1. The lowest BCUT2D eigenvalue weighted by Gasteiger charge is -2.36. The summed E-state index contributed by atoms with van der Waals surface area (Å²) in [6.07, 6.45) is 1.33. The summed E-state index contributed by atoms with van der Waals surface area (Å²) >= 11 is 6.17. The van der Waals surface area contributed by atoms with Gasteiger partial charge in [0.2, 0.25) is 5.71 Å². The molecule has 0 aliphatic carbocycles. The Morgan fingerprint density at radius 3 is 2.56 bits per heavy atom. The summed E-state index contributed by atoms with van der Waals surface area (Å²) in [5.41, 5.74) is 1.99. The average molecular weight is 357 g/mol. The van der Waals surface area contributed by atoms with Crippen LogP contribution >= 0.6 is 11.6 Å². The van der Waals surface area contributed by atoms with Gasteiger partial charge >= 0.3 is 0 Å². The summed E-state index contributed by atoms with van der Waals surface area (Å²) in [6.45, 7) is 4.62. The third-order valence-electron chi connectivity index (χ3n) is 4.52. The van der Waals surface area contributed by atoms with E-state index in [2.05, 4.69) is 27.0 Å². The van der Waals surface area contributed by atoms with Crippen molar-refractivity contribution in [1.82, 2.24) is 14.9 Å². The van der Waals surface area contributed by atoms with Crippen molar-refractivity contribution in [2.45, 2.75) is 6.92 Å². The number of rotatable bonds is 2. The average Bonchev–Trinajstić information content (AvgIpc) is 2.99. The molecule has 1 aromatic carbocycles. The lowest BCUT2D eigenvalue weighted by Crippen LogP contribution is -2.48. The molecule has 4 rings (SSSR count). The maximum absolute atomic E-state index is 13.0. The number of para-hydroxylation sites is 1. The normalized spacial score (nSPS) is 15.0. The molecular formula is C18H17ClN4O2. The third kappa shape index (κ3) is 2.82. The highest BCUT2D eigenvalue weighted by atomic mass is 35.5. The lowest BCUT2D eigenvalue weighted by molar-refractivity contribution is 0.0746. The van der Waals surface area contributed by atoms with E-state index in [4.69, 9.17) is 16.0 Å². The van der Waals surface area contributed by atoms with Gasteiger partial charge < -0.3 is 14.2 Å². The quantitative estimate of drug-likeness (QED) is 0.660. The van der Waals surface area contributed by atoms with Crippen molar-refractivity contribution in [3.63, 3.8) is 0 Å². The number of carbonyl (C=O) groups excluding carboxylic acids is 1. The van der Waals surface area contributed by atoms with Gasteiger partial charge in [-0.05, 0) is 19.1 Å². The number of hydrogen-bond donors (Lipinski definition) is 0. The first-order valence-corrected chi connectivity index (χ1v) is 8.52. The maximum Gasteiger partial charge on any atom is 0.258 e. The standard InChI is InChI=1S/C18H17ClN4O2/c1-12-14(15-16(19)20-11-21-17(15)25-12)18(24)23-9-7-22(8-10-23)13-5-3-2-4-6-13/h2-6,11H,7-10H2,1H3. The van der Waals surface area contributed by atoms with Crippen LogP contribution in [0.3, 0.4) is 0 Å². The molecule has 0 radical (unpaired) electrons. The molecule has 6 nitrogen and oxygen atoms in total. The highest BCUT2D eigenvalue weighted by molar-refractivity contribution is 6.35. The van der Waals surface area contributed by atoms with Crippen molar-refractivity contribution in [1.29, 1.82) is 0 Å². The fourth-order valence-corrected chi connectivity index (χ4v) is 3.45. The molecule has 0 spiro atoms. The number of aromatic nitrogens is 2. The van der Waals surface area contributed by atoms with Gasteiger partial charge in [0.1, 0.15) is 17.2 Å². The number of hydrogen-bond acceptors (Lipinski definition) is 5. The van der Waals surface area contributed by atoms with Gasteiger partial charge in [0.05, 0.1) is 10.9 Å². The Balaban J connectivity index is 1.56. The van der Waals surface area contributed by atoms with Gasteiger partial charge in [0.25, 0.3) is 5.91 Å². The second-order valence-electron chi connectivity index (χ2n) is 5.99. The van der Waals surface area contributed by atoms with Crippen LogP contribution in [0.25, 0.3) is 11.1 Å². The second-order valence-corrected chi connectivity index (χ2v) is 6.35. The molecule has 128 valence electrons. The van der Waals surface area contributed by atoms with Crippen LogP contribution in [0, 0.1) is 6.92 Å². The van der Waals surface area contributed by atoms with Crippen LogP contribution < -0.4 is 4.90 Å². The zero-order valence-corrected chi connectivity index (χ0v) is 14.5. The summed E-state index contributed by atoms with van der Waals surface area (Å²) < 4.78 is 5.59. The van der Waals surface area contributed by atoms with Crippen molar-refractivity contribution < 1.29 is 9.21 Å². The van der Waals surface area contributed by atoms with Gasteiger partial charge in [-0.25, -0.2) is 9.97 Å². The van der Waals surface area contributed by atoms with Crippen LogP contribution in [0.2, 0.25) is 5.15 Å². The minimum Gasteiger partial charge on any atom is -0.442 e. The predicted molar refractivity (Wildman–Crippen MR) is 96.1 cm³/mol.